The number of fused-ring (bicyclic) bond motifs is 1. The summed E-state index contributed by atoms with van der Waals surface area (Å²) in [5.41, 5.74) is 0.672. The van der Waals surface area contributed by atoms with Gasteiger partial charge in [-0.25, -0.2) is 4.68 Å². The van der Waals surface area contributed by atoms with Crippen LogP contribution in [0, 0.1) is 0 Å². The SMILES string of the molecule is CC(=O)N[C@@H](C)C(=O)N1CC=C(c2cccc(NC(=O)c3cccc(C(F)(F)F)c3)c2)n2nccc21. The average molecular weight is 497 g/mol. The number of benzene rings is 2. The van der Waals surface area contributed by atoms with E-state index < -0.39 is 23.7 Å². The number of alkyl halides is 3. The number of hydrogen-bond acceptors (Lipinski definition) is 4. The van der Waals surface area contributed by atoms with Crippen molar-refractivity contribution in [1.82, 2.24) is 15.1 Å². The second kappa shape index (κ2) is 9.68. The lowest BCUT2D eigenvalue weighted by Gasteiger charge is -2.29. The van der Waals surface area contributed by atoms with E-state index in [0.29, 0.717) is 22.8 Å². The van der Waals surface area contributed by atoms with Crippen LogP contribution in [0.25, 0.3) is 5.70 Å². The van der Waals surface area contributed by atoms with Gasteiger partial charge in [0.1, 0.15) is 11.9 Å². The Balaban J connectivity index is 1.56. The standard InChI is InChI=1S/C25H22F3N5O3/c1-15(30-16(2)34)24(36)32-12-10-21(33-22(32)9-11-29-33)17-5-4-8-20(14-17)31-23(35)18-6-3-7-19(13-18)25(26,27)28/h3-11,13-15H,12H2,1-2H3,(H,30,34)(H,31,35)/t15-/m0/s1. The van der Waals surface area contributed by atoms with Gasteiger partial charge in [0, 0.05) is 36.3 Å². The van der Waals surface area contributed by atoms with Gasteiger partial charge >= 0.3 is 6.18 Å². The van der Waals surface area contributed by atoms with E-state index in [1.54, 1.807) is 48.0 Å². The molecule has 1 aliphatic rings. The molecule has 0 fully saturated rings. The molecule has 0 saturated heterocycles. The first-order valence-electron chi connectivity index (χ1n) is 11.0. The fraction of sp³-hybridized carbons (Fsp3) is 0.200. The van der Waals surface area contributed by atoms with Gasteiger partial charge in [-0.3, -0.25) is 19.3 Å². The molecule has 1 aliphatic heterocycles. The number of aromatic nitrogens is 2. The van der Waals surface area contributed by atoms with Crippen LogP contribution in [-0.4, -0.2) is 40.1 Å². The Morgan fingerprint density at radius 1 is 1.06 bits per heavy atom. The number of anilines is 2. The third kappa shape index (κ3) is 5.14. The summed E-state index contributed by atoms with van der Waals surface area (Å²) in [5.74, 6) is -0.793. The van der Waals surface area contributed by atoms with Crippen molar-refractivity contribution in [1.29, 1.82) is 0 Å². The highest BCUT2D eigenvalue weighted by atomic mass is 19.4. The van der Waals surface area contributed by atoms with Crippen molar-refractivity contribution in [3.63, 3.8) is 0 Å². The smallest absolute Gasteiger partial charge is 0.345 e. The van der Waals surface area contributed by atoms with Crippen LogP contribution in [0.3, 0.4) is 0 Å². The Bertz CT molecular complexity index is 1360. The van der Waals surface area contributed by atoms with Crippen molar-refractivity contribution in [3.8, 4) is 0 Å². The van der Waals surface area contributed by atoms with Gasteiger partial charge in [-0.1, -0.05) is 18.2 Å². The Kier molecular flexibility index (Phi) is 6.65. The minimum Gasteiger partial charge on any atom is -0.345 e. The minimum atomic E-state index is -4.56. The van der Waals surface area contributed by atoms with Crippen LogP contribution in [-0.2, 0) is 15.8 Å². The van der Waals surface area contributed by atoms with Crippen LogP contribution in [0.1, 0.15) is 35.3 Å². The molecule has 11 heteroatoms. The predicted molar refractivity (Wildman–Crippen MR) is 127 cm³/mol. The zero-order valence-electron chi connectivity index (χ0n) is 19.3. The van der Waals surface area contributed by atoms with Gasteiger partial charge in [0.25, 0.3) is 11.8 Å². The summed E-state index contributed by atoms with van der Waals surface area (Å²) in [7, 11) is 0. The Morgan fingerprint density at radius 2 is 1.81 bits per heavy atom. The van der Waals surface area contributed by atoms with E-state index >= 15 is 0 Å². The molecule has 2 heterocycles. The van der Waals surface area contributed by atoms with Crippen molar-refractivity contribution in [2.75, 3.05) is 16.8 Å². The van der Waals surface area contributed by atoms with Gasteiger partial charge < -0.3 is 10.6 Å². The van der Waals surface area contributed by atoms with E-state index in [2.05, 4.69) is 15.7 Å². The molecule has 0 saturated carbocycles. The number of carbonyl (C=O) groups is 3. The van der Waals surface area contributed by atoms with E-state index in [0.717, 1.165) is 12.1 Å². The van der Waals surface area contributed by atoms with Gasteiger partial charge in [-0.05, 0) is 43.3 Å². The van der Waals surface area contributed by atoms with Crippen LogP contribution >= 0.6 is 0 Å². The molecule has 0 unspecified atom stereocenters. The molecular formula is C25H22F3N5O3. The van der Waals surface area contributed by atoms with Gasteiger partial charge in [0.15, 0.2) is 0 Å². The predicted octanol–water partition coefficient (Wildman–Crippen LogP) is 3.91. The first-order valence-corrected chi connectivity index (χ1v) is 11.0. The van der Waals surface area contributed by atoms with Gasteiger partial charge in [0.05, 0.1) is 17.5 Å². The fourth-order valence-electron chi connectivity index (χ4n) is 3.88. The van der Waals surface area contributed by atoms with Crippen molar-refractivity contribution in [2.24, 2.45) is 0 Å². The molecule has 0 spiro atoms. The lowest BCUT2D eigenvalue weighted by Crippen LogP contribution is -2.48. The number of rotatable bonds is 5. The molecule has 0 aliphatic carbocycles. The molecule has 1 atom stereocenters. The lowest BCUT2D eigenvalue weighted by atomic mass is 10.1. The average Bonchev–Trinajstić information content (AvgIpc) is 3.32. The number of carbonyl (C=O) groups excluding carboxylic acids is 3. The number of halogens is 3. The monoisotopic (exact) mass is 497 g/mol. The van der Waals surface area contributed by atoms with Gasteiger partial charge in [-0.2, -0.15) is 18.3 Å². The maximum Gasteiger partial charge on any atom is 0.416 e. The van der Waals surface area contributed by atoms with Crippen LogP contribution in [0.15, 0.2) is 66.9 Å². The van der Waals surface area contributed by atoms with Crippen molar-refractivity contribution < 1.29 is 27.6 Å². The molecular weight excluding hydrogens is 475 g/mol. The van der Waals surface area contributed by atoms with Crippen molar-refractivity contribution in [2.45, 2.75) is 26.1 Å². The summed E-state index contributed by atoms with van der Waals surface area (Å²) >= 11 is 0. The Morgan fingerprint density at radius 3 is 2.53 bits per heavy atom. The summed E-state index contributed by atoms with van der Waals surface area (Å²) < 4.78 is 40.6. The molecule has 8 nitrogen and oxygen atoms in total. The van der Waals surface area contributed by atoms with E-state index in [1.807, 2.05) is 0 Å². The van der Waals surface area contributed by atoms with Crippen LogP contribution < -0.4 is 15.5 Å². The second-order valence-electron chi connectivity index (χ2n) is 8.18. The summed E-state index contributed by atoms with van der Waals surface area (Å²) in [5, 5.41) is 9.51. The highest BCUT2D eigenvalue weighted by Crippen LogP contribution is 2.31. The summed E-state index contributed by atoms with van der Waals surface area (Å²) in [6.07, 6.45) is -1.23. The quantitative estimate of drug-likeness (QED) is 0.559. The molecule has 36 heavy (non-hydrogen) atoms. The highest BCUT2D eigenvalue weighted by molar-refractivity contribution is 6.04. The lowest BCUT2D eigenvalue weighted by molar-refractivity contribution is -0.137. The molecule has 0 bridgehead atoms. The topological polar surface area (TPSA) is 96.3 Å². The van der Waals surface area contributed by atoms with E-state index in [1.165, 1.54) is 30.2 Å². The molecule has 4 rings (SSSR count). The Labute approximate surface area is 204 Å². The number of hydrogen-bond donors (Lipinski definition) is 2. The van der Waals surface area contributed by atoms with E-state index in [4.69, 9.17) is 0 Å². The minimum absolute atomic E-state index is 0.121. The number of nitrogens with zero attached hydrogens (tertiary/aromatic N) is 3. The first kappa shape index (κ1) is 24.7. The number of amides is 3. The largest absolute Gasteiger partial charge is 0.416 e. The molecule has 3 amide bonds. The van der Waals surface area contributed by atoms with Crippen molar-refractivity contribution >= 4 is 34.9 Å². The first-order chi connectivity index (χ1) is 17.0. The van der Waals surface area contributed by atoms with Gasteiger partial charge in [0.2, 0.25) is 5.91 Å². The summed E-state index contributed by atoms with van der Waals surface area (Å²) in [6, 6.07) is 11.9. The molecule has 1 aromatic heterocycles. The molecule has 186 valence electrons. The molecule has 3 aromatic rings. The van der Waals surface area contributed by atoms with E-state index in [-0.39, 0.29) is 23.9 Å². The number of nitrogens with one attached hydrogen (secondary N) is 2. The van der Waals surface area contributed by atoms with Crippen LogP contribution in [0.5, 0.6) is 0 Å². The van der Waals surface area contributed by atoms with Crippen LogP contribution in [0.2, 0.25) is 0 Å². The molecule has 2 N–H and O–H groups in total. The fourth-order valence-corrected chi connectivity index (χ4v) is 3.88. The second-order valence-corrected chi connectivity index (χ2v) is 8.18. The zero-order chi connectivity index (χ0) is 26.0. The summed E-state index contributed by atoms with van der Waals surface area (Å²) in [6.45, 7) is 3.16. The highest BCUT2D eigenvalue weighted by Gasteiger charge is 2.31. The molecule has 2 aromatic carbocycles. The third-order valence-electron chi connectivity index (χ3n) is 5.52. The normalized spacial score (nSPS) is 13.9. The van der Waals surface area contributed by atoms with Crippen molar-refractivity contribution in [3.05, 3.63) is 83.6 Å². The Hall–Kier alpha value is -4.41. The zero-order valence-corrected chi connectivity index (χ0v) is 19.3. The van der Waals surface area contributed by atoms with Gasteiger partial charge in [-0.15, -0.1) is 0 Å². The summed E-state index contributed by atoms with van der Waals surface area (Å²) in [4.78, 5) is 38.3. The van der Waals surface area contributed by atoms with E-state index in [9.17, 15) is 27.6 Å². The third-order valence-corrected chi connectivity index (χ3v) is 5.52. The molecule has 0 radical (unpaired) electrons. The maximum atomic E-state index is 13.0. The maximum absolute atomic E-state index is 13.0. The van der Waals surface area contributed by atoms with Crippen LogP contribution in [0.4, 0.5) is 24.7 Å².